The molecule has 10 heteroatoms. The van der Waals surface area contributed by atoms with E-state index in [1.165, 1.54) is 47.1 Å². The van der Waals surface area contributed by atoms with E-state index in [1.807, 2.05) is 0 Å². The minimum atomic E-state index is -4.64. The molecular weight excluding hydrogens is 426 g/mol. The molecular formula is C22H13F4N5O. The standard InChI is InChI=1S/C22H13F4N5O/c1-12-18(13-6-8-14(23)9-7-13)20-28-27-19-17(31(20)29-12)10-11-30(21(19)32)16-5-3-2-4-15(16)22(24,25)26/h2-11H,1H3. The van der Waals surface area contributed by atoms with Gasteiger partial charge in [0.15, 0.2) is 11.2 Å². The topological polar surface area (TPSA) is 65.1 Å². The number of alkyl halides is 3. The second-order valence-electron chi connectivity index (χ2n) is 7.14. The van der Waals surface area contributed by atoms with Crippen molar-refractivity contribution in [1.82, 2.24) is 24.4 Å². The SMILES string of the molecule is Cc1nn2c(nnc3c(=O)n(-c4ccccc4C(F)(F)F)ccc32)c1-c1ccc(F)cc1. The lowest BCUT2D eigenvalue weighted by molar-refractivity contribution is -0.137. The number of pyridine rings is 1. The fraction of sp³-hybridized carbons (Fsp3) is 0.0909. The number of hydrogen-bond acceptors (Lipinski definition) is 4. The van der Waals surface area contributed by atoms with Gasteiger partial charge in [0, 0.05) is 6.20 Å². The fourth-order valence-electron chi connectivity index (χ4n) is 3.72. The van der Waals surface area contributed by atoms with Crippen LogP contribution >= 0.6 is 0 Å². The summed E-state index contributed by atoms with van der Waals surface area (Å²) in [5.41, 5.74) is 0.347. The number of hydrogen-bond donors (Lipinski definition) is 0. The number of aryl methyl sites for hydroxylation is 1. The van der Waals surface area contributed by atoms with Gasteiger partial charge in [-0.2, -0.15) is 18.3 Å². The first-order valence-electron chi connectivity index (χ1n) is 9.45. The van der Waals surface area contributed by atoms with E-state index in [2.05, 4.69) is 15.3 Å². The Bertz CT molecular complexity index is 1550. The molecule has 0 aliphatic heterocycles. The van der Waals surface area contributed by atoms with E-state index in [0.29, 0.717) is 22.5 Å². The van der Waals surface area contributed by atoms with Crippen LogP contribution in [0.4, 0.5) is 17.6 Å². The van der Waals surface area contributed by atoms with E-state index in [9.17, 15) is 22.4 Å². The summed E-state index contributed by atoms with van der Waals surface area (Å²) in [5, 5.41) is 12.6. The van der Waals surface area contributed by atoms with Gasteiger partial charge < -0.3 is 0 Å². The molecule has 32 heavy (non-hydrogen) atoms. The van der Waals surface area contributed by atoms with Crippen LogP contribution in [-0.2, 0) is 6.18 Å². The Morgan fingerprint density at radius 1 is 0.938 bits per heavy atom. The van der Waals surface area contributed by atoms with Gasteiger partial charge in [-0.1, -0.05) is 24.3 Å². The summed E-state index contributed by atoms with van der Waals surface area (Å²) in [6.07, 6.45) is -3.38. The third-order valence-corrected chi connectivity index (χ3v) is 5.16. The number of fused-ring (bicyclic) bond motifs is 3. The molecule has 0 spiro atoms. The molecule has 0 aliphatic carbocycles. The van der Waals surface area contributed by atoms with Crippen LogP contribution in [0.1, 0.15) is 11.3 Å². The molecule has 0 saturated heterocycles. The molecule has 5 rings (SSSR count). The van der Waals surface area contributed by atoms with E-state index >= 15 is 0 Å². The van der Waals surface area contributed by atoms with Crippen molar-refractivity contribution < 1.29 is 17.6 Å². The third kappa shape index (κ3) is 3.03. The molecule has 160 valence electrons. The Labute approximate surface area is 177 Å². The van der Waals surface area contributed by atoms with Crippen molar-refractivity contribution in [2.45, 2.75) is 13.1 Å². The van der Waals surface area contributed by atoms with Crippen LogP contribution in [0.25, 0.3) is 33.5 Å². The molecule has 6 nitrogen and oxygen atoms in total. The predicted molar refractivity (Wildman–Crippen MR) is 109 cm³/mol. The lowest BCUT2D eigenvalue weighted by atomic mass is 10.1. The van der Waals surface area contributed by atoms with Crippen molar-refractivity contribution in [3.05, 3.63) is 88.2 Å². The number of rotatable bonds is 2. The van der Waals surface area contributed by atoms with E-state index in [0.717, 1.165) is 10.6 Å². The lowest BCUT2D eigenvalue weighted by Crippen LogP contribution is -2.23. The zero-order chi connectivity index (χ0) is 22.6. The summed E-state index contributed by atoms with van der Waals surface area (Å²) >= 11 is 0. The first kappa shape index (κ1) is 19.9. The molecule has 2 aromatic carbocycles. The average Bonchev–Trinajstić information content (AvgIpc) is 3.10. The Kier molecular flexibility index (Phi) is 4.33. The second-order valence-corrected chi connectivity index (χ2v) is 7.14. The van der Waals surface area contributed by atoms with Crippen molar-refractivity contribution >= 4 is 16.7 Å². The van der Waals surface area contributed by atoms with E-state index < -0.39 is 17.3 Å². The number of benzene rings is 2. The summed E-state index contributed by atoms with van der Waals surface area (Å²) in [6, 6.07) is 12.0. The highest BCUT2D eigenvalue weighted by molar-refractivity contribution is 5.84. The van der Waals surface area contributed by atoms with Gasteiger partial charge in [-0.15, -0.1) is 10.2 Å². The van der Waals surface area contributed by atoms with E-state index in [1.54, 1.807) is 19.1 Å². The molecule has 0 unspecified atom stereocenters. The van der Waals surface area contributed by atoms with Gasteiger partial charge in [0.25, 0.3) is 5.56 Å². The Morgan fingerprint density at radius 2 is 1.66 bits per heavy atom. The van der Waals surface area contributed by atoms with E-state index in [4.69, 9.17) is 0 Å². The van der Waals surface area contributed by atoms with Crippen molar-refractivity contribution in [2.75, 3.05) is 0 Å². The first-order valence-corrected chi connectivity index (χ1v) is 9.45. The normalized spacial score (nSPS) is 12.0. The van der Waals surface area contributed by atoms with Crippen LogP contribution in [0.3, 0.4) is 0 Å². The minimum Gasteiger partial charge on any atom is -0.282 e. The van der Waals surface area contributed by atoms with Crippen molar-refractivity contribution in [3.63, 3.8) is 0 Å². The highest BCUT2D eigenvalue weighted by atomic mass is 19.4. The van der Waals surface area contributed by atoms with Gasteiger partial charge in [0.1, 0.15) is 11.3 Å². The van der Waals surface area contributed by atoms with Crippen molar-refractivity contribution in [2.24, 2.45) is 0 Å². The molecule has 0 radical (unpaired) electrons. The maximum absolute atomic E-state index is 13.4. The van der Waals surface area contributed by atoms with Gasteiger partial charge in [-0.05, 0) is 42.8 Å². The largest absolute Gasteiger partial charge is 0.418 e. The molecule has 5 aromatic rings. The predicted octanol–water partition coefficient (Wildman–Crippen LogP) is 4.56. The van der Waals surface area contributed by atoms with Crippen molar-refractivity contribution in [1.29, 1.82) is 0 Å². The van der Waals surface area contributed by atoms with Crippen LogP contribution in [0, 0.1) is 12.7 Å². The summed E-state index contributed by atoms with van der Waals surface area (Å²) in [4.78, 5) is 13.1. The van der Waals surface area contributed by atoms with Gasteiger partial charge in [0.05, 0.1) is 22.5 Å². The zero-order valence-corrected chi connectivity index (χ0v) is 16.4. The summed E-state index contributed by atoms with van der Waals surface area (Å²) in [5.74, 6) is -0.390. The molecule has 0 bridgehead atoms. The molecule has 3 heterocycles. The molecule has 0 fully saturated rings. The van der Waals surface area contributed by atoms with Gasteiger partial charge >= 0.3 is 6.18 Å². The second kappa shape index (κ2) is 6.98. The van der Waals surface area contributed by atoms with Crippen LogP contribution in [0.2, 0.25) is 0 Å². The van der Waals surface area contributed by atoms with Gasteiger partial charge in [-0.25, -0.2) is 8.91 Å². The molecule has 0 aliphatic rings. The maximum atomic E-state index is 13.4. The fourth-order valence-corrected chi connectivity index (χ4v) is 3.72. The summed E-state index contributed by atoms with van der Waals surface area (Å²) in [7, 11) is 0. The molecule has 3 aromatic heterocycles. The minimum absolute atomic E-state index is 0.134. The Balaban J connectivity index is 1.75. The number of para-hydroxylation sites is 1. The first-order chi connectivity index (χ1) is 15.3. The smallest absolute Gasteiger partial charge is 0.282 e. The summed E-state index contributed by atoms with van der Waals surface area (Å²) < 4.78 is 55.9. The number of nitrogens with zero attached hydrogens (tertiary/aromatic N) is 5. The number of halogens is 4. The van der Waals surface area contributed by atoms with Crippen LogP contribution in [0.5, 0.6) is 0 Å². The quantitative estimate of drug-likeness (QED) is 0.378. The molecule has 0 amide bonds. The Hall–Kier alpha value is -4.08. The maximum Gasteiger partial charge on any atom is 0.418 e. The van der Waals surface area contributed by atoms with Crippen LogP contribution in [0.15, 0.2) is 65.6 Å². The van der Waals surface area contributed by atoms with Crippen molar-refractivity contribution in [3.8, 4) is 16.8 Å². The van der Waals surface area contributed by atoms with E-state index in [-0.39, 0.29) is 22.5 Å². The van der Waals surface area contributed by atoms with Crippen LogP contribution in [-0.4, -0.2) is 24.4 Å². The zero-order valence-electron chi connectivity index (χ0n) is 16.4. The summed E-state index contributed by atoms with van der Waals surface area (Å²) in [6.45, 7) is 1.74. The highest BCUT2D eigenvalue weighted by Gasteiger charge is 2.34. The van der Waals surface area contributed by atoms with Gasteiger partial charge in [0.2, 0.25) is 0 Å². The highest BCUT2D eigenvalue weighted by Crippen LogP contribution is 2.33. The Morgan fingerprint density at radius 3 is 2.38 bits per heavy atom. The molecule has 0 N–H and O–H groups in total. The third-order valence-electron chi connectivity index (χ3n) is 5.16. The molecule has 0 atom stereocenters. The lowest BCUT2D eigenvalue weighted by Gasteiger charge is -2.14. The van der Waals surface area contributed by atoms with Crippen LogP contribution < -0.4 is 5.56 Å². The van der Waals surface area contributed by atoms with Gasteiger partial charge in [-0.3, -0.25) is 9.36 Å². The monoisotopic (exact) mass is 439 g/mol. The molecule has 0 saturated carbocycles. The number of aromatic nitrogens is 5. The average molecular weight is 439 g/mol.